The smallest absolute Gasteiger partial charge is 0.790 e. The third-order valence-electron chi connectivity index (χ3n) is 1.39. The minimum atomic E-state index is -5.08. The molecule has 0 bridgehead atoms. The molecule has 2 unspecified atom stereocenters. The van der Waals surface area contributed by atoms with Gasteiger partial charge in [-0.05, 0) is 13.8 Å². The predicted molar refractivity (Wildman–Crippen MR) is 35.0 cm³/mol. The summed E-state index contributed by atoms with van der Waals surface area (Å²) in [5, 5.41) is 8.38. The van der Waals surface area contributed by atoms with Crippen LogP contribution in [-0.4, -0.2) is 17.2 Å². The molecule has 0 aliphatic carbocycles. The molecule has 0 heterocycles. The summed E-state index contributed by atoms with van der Waals surface area (Å²) in [7, 11) is -5.08. The van der Waals surface area contributed by atoms with E-state index in [-0.39, 0.29) is 59.1 Å². The Morgan fingerprint density at radius 1 is 1.36 bits per heavy atom. The van der Waals surface area contributed by atoms with Gasteiger partial charge in [0.1, 0.15) is 0 Å². The summed E-state index contributed by atoms with van der Waals surface area (Å²) in [5.74, 6) is -2.24. The van der Waals surface area contributed by atoms with Crippen molar-refractivity contribution in [2.24, 2.45) is 5.92 Å². The van der Waals surface area contributed by atoms with Gasteiger partial charge in [-0.3, -0.25) is 4.79 Å². The number of phosphoric acid groups is 1. The van der Waals surface area contributed by atoms with Gasteiger partial charge in [0.25, 0.3) is 0 Å². The number of hydrogen-bond acceptors (Lipinski definition) is 5. The van der Waals surface area contributed by atoms with Crippen LogP contribution in [0.5, 0.6) is 0 Å². The van der Waals surface area contributed by atoms with Gasteiger partial charge in [0.05, 0.1) is 19.8 Å². The second-order valence-electron chi connectivity index (χ2n) is 2.38. The molecule has 0 radical (unpaired) electrons. The zero-order chi connectivity index (χ0) is 9.94. The molecule has 0 rings (SSSR count). The fourth-order valence-corrected chi connectivity index (χ4v) is 1.09. The Hall–Kier alpha value is 1.58. The van der Waals surface area contributed by atoms with E-state index in [9.17, 15) is 19.1 Å². The predicted octanol–water partition coefficient (Wildman–Crippen LogP) is -7.05. The standard InChI is InChI=1S/C5H11O6P.2Na/c1-3(5(6)7)4(2)11-12(8,9)10;;/h3-4H,1-2H3,(H,6,7)(H2,8,9,10);;/q;2*+1/p-2. The van der Waals surface area contributed by atoms with E-state index < -0.39 is 25.8 Å². The summed E-state index contributed by atoms with van der Waals surface area (Å²) < 4.78 is 14.0. The van der Waals surface area contributed by atoms with Gasteiger partial charge in [-0.2, -0.15) is 0 Å². The number of carbonyl (C=O) groups is 1. The minimum absolute atomic E-state index is 0. The van der Waals surface area contributed by atoms with Gasteiger partial charge in [-0.25, -0.2) is 0 Å². The molecule has 0 amide bonds. The number of aliphatic carboxylic acids is 1. The maximum atomic E-state index is 10.3. The van der Waals surface area contributed by atoms with E-state index in [0.717, 1.165) is 0 Å². The Morgan fingerprint density at radius 3 is 1.93 bits per heavy atom. The van der Waals surface area contributed by atoms with E-state index in [4.69, 9.17) is 5.11 Å². The van der Waals surface area contributed by atoms with Gasteiger partial charge in [0.15, 0.2) is 0 Å². The first-order chi connectivity index (χ1) is 5.24. The van der Waals surface area contributed by atoms with E-state index in [1.807, 2.05) is 0 Å². The number of phosphoric ester groups is 1. The van der Waals surface area contributed by atoms with Gasteiger partial charge in [-0.15, -0.1) is 0 Å². The molecule has 0 aromatic heterocycles. The molecule has 0 saturated carbocycles. The molecule has 6 nitrogen and oxygen atoms in total. The van der Waals surface area contributed by atoms with Gasteiger partial charge >= 0.3 is 65.1 Å². The molecule has 72 valence electrons. The fourth-order valence-electron chi connectivity index (χ4n) is 0.496. The van der Waals surface area contributed by atoms with Crippen LogP contribution in [0.4, 0.5) is 0 Å². The van der Waals surface area contributed by atoms with Crippen LogP contribution in [0.15, 0.2) is 0 Å². The van der Waals surface area contributed by atoms with Crippen LogP contribution in [0.3, 0.4) is 0 Å². The van der Waals surface area contributed by atoms with Gasteiger partial charge in [0.2, 0.25) is 0 Å². The molecular weight excluding hydrogens is 233 g/mol. The van der Waals surface area contributed by atoms with Crippen molar-refractivity contribution in [3.8, 4) is 0 Å². The second kappa shape index (κ2) is 8.70. The molecule has 0 spiro atoms. The Labute approximate surface area is 126 Å². The maximum Gasteiger partial charge on any atom is 1.00 e. The first-order valence-corrected chi connectivity index (χ1v) is 4.63. The normalized spacial score (nSPS) is 14.6. The SMILES string of the molecule is CC(OP(=O)([O-])[O-])C(C)C(=O)O.[Na+].[Na+]. The number of carboxylic acid groups (broad SMARTS) is 1. The van der Waals surface area contributed by atoms with Gasteiger partial charge in [0, 0.05) is 0 Å². The first-order valence-electron chi connectivity index (χ1n) is 3.17. The molecule has 1 N–H and O–H groups in total. The van der Waals surface area contributed by atoms with Crippen molar-refractivity contribution >= 4 is 13.8 Å². The van der Waals surface area contributed by atoms with E-state index in [2.05, 4.69) is 4.52 Å². The Morgan fingerprint density at radius 2 is 1.71 bits per heavy atom. The van der Waals surface area contributed by atoms with Gasteiger partial charge < -0.3 is 24.0 Å². The number of carboxylic acids is 1. The molecule has 0 aromatic rings. The van der Waals surface area contributed by atoms with Crippen LogP contribution in [0.25, 0.3) is 0 Å². The molecule has 0 fully saturated rings. The zero-order valence-electron chi connectivity index (χ0n) is 8.59. The van der Waals surface area contributed by atoms with E-state index in [1.54, 1.807) is 0 Å². The van der Waals surface area contributed by atoms with Crippen LogP contribution in [-0.2, 0) is 13.9 Å². The molecule has 0 aliphatic heterocycles. The topological polar surface area (TPSA) is 110 Å². The van der Waals surface area contributed by atoms with Crippen molar-refractivity contribution < 1.29 is 87.9 Å². The summed E-state index contributed by atoms with van der Waals surface area (Å²) in [5.41, 5.74) is 0. The Balaban J connectivity index is -0.000000605. The van der Waals surface area contributed by atoms with Crippen molar-refractivity contribution in [2.75, 3.05) is 0 Å². The van der Waals surface area contributed by atoms with Crippen LogP contribution < -0.4 is 68.9 Å². The van der Waals surface area contributed by atoms with Crippen LogP contribution >= 0.6 is 7.82 Å². The van der Waals surface area contributed by atoms with Crippen LogP contribution in [0, 0.1) is 5.92 Å². The zero-order valence-corrected chi connectivity index (χ0v) is 13.5. The summed E-state index contributed by atoms with van der Waals surface area (Å²) in [6.45, 7) is 2.46. The van der Waals surface area contributed by atoms with E-state index >= 15 is 0 Å². The molecule has 0 aliphatic rings. The van der Waals surface area contributed by atoms with E-state index in [0.29, 0.717) is 0 Å². The molecule has 2 atom stereocenters. The number of hydrogen-bond donors (Lipinski definition) is 1. The van der Waals surface area contributed by atoms with Gasteiger partial charge in [-0.1, -0.05) is 0 Å². The van der Waals surface area contributed by atoms with Crippen LogP contribution in [0.1, 0.15) is 13.8 Å². The molecule has 0 saturated heterocycles. The molecule has 9 heteroatoms. The third-order valence-corrected chi connectivity index (χ3v) is 1.98. The number of rotatable bonds is 4. The van der Waals surface area contributed by atoms with E-state index in [1.165, 1.54) is 13.8 Å². The minimum Gasteiger partial charge on any atom is -0.790 e. The molecule has 14 heavy (non-hydrogen) atoms. The molecular formula is C5H9Na2O6P. The van der Waals surface area contributed by atoms with Crippen molar-refractivity contribution in [2.45, 2.75) is 20.0 Å². The monoisotopic (exact) mass is 242 g/mol. The van der Waals surface area contributed by atoms with Crippen molar-refractivity contribution in [1.29, 1.82) is 0 Å². The summed E-state index contributed by atoms with van der Waals surface area (Å²) in [6, 6.07) is 0. The fraction of sp³-hybridized carbons (Fsp3) is 0.800. The largest absolute Gasteiger partial charge is 1.00 e. The summed E-state index contributed by atoms with van der Waals surface area (Å²) in [4.78, 5) is 30.3. The Kier molecular flexibility index (Phi) is 13.0. The maximum absolute atomic E-state index is 10.3. The van der Waals surface area contributed by atoms with Crippen LogP contribution in [0.2, 0.25) is 0 Å². The van der Waals surface area contributed by atoms with Crippen molar-refractivity contribution in [3.63, 3.8) is 0 Å². The third kappa shape index (κ3) is 10.1. The summed E-state index contributed by atoms with van der Waals surface area (Å²) >= 11 is 0. The Bertz CT molecular complexity index is 216. The van der Waals surface area contributed by atoms with Crippen molar-refractivity contribution in [3.05, 3.63) is 0 Å². The summed E-state index contributed by atoms with van der Waals surface area (Å²) in [6.07, 6.45) is -1.14. The first kappa shape index (κ1) is 20.9. The quantitative estimate of drug-likeness (QED) is 0.387. The average Bonchev–Trinajstić information content (AvgIpc) is 1.82. The second-order valence-corrected chi connectivity index (χ2v) is 3.49. The molecule has 0 aromatic carbocycles. The average molecular weight is 242 g/mol. The van der Waals surface area contributed by atoms with Crippen molar-refractivity contribution in [1.82, 2.24) is 0 Å².